The Hall–Kier alpha value is -1.54. The first-order valence-electron chi connectivity index (χ1n) is 6.27. The molecule has 0 heterocycles. The zero-order chi connectivity index (χ0) is 14.1. The Bertz CT molecular complexity index is 768. The molecule has 0 spiro atoms. The lowest BCUT2D eigenvalue weighted by atomic mass is 9.98. The maximum absolute atomic E-state index is 10.5. The largest absolute Gasteiger partial charge is 0.384 e. The fourth-order valence-corrected chi connectivity index (χ4v) is 2.70. The van der Waals surface area contributed by atoms with Gasteiger partial charge in [0.25, 0.3) is 0 Å². The molecule has 1 unspecified atom stereocenters. The van der Waals surface area contributed by atoms with Crippen LogP contribution in [0.3, 0.4) is 0 Å². The van der Waals surface area contributed by atoms with Crippen LogP contribution in [0.15, 0.2) is 60.7 Å². The monoisotopic (exact) mass is 302 g/mol. The van der Waals surface area contributed by atoms with Crippen LogP contribution in [0.5, 0.6) is 0 Å². The van der Waals surface area contributed by atoms with E-state index in [0.717, 1.165) is 16.3 Å². The smallest absolute Gasteiger partial charge is 0.106 e. The van der Waals surface area contributed by atoms with E-state index < -0.39 is 6.10 Å². The second kappa shape index (κ2) is 5.45. The lowest BCUT2D eigenvalue weighted by molar-refractivity contribution is 0.220. The first kappa shape index (κ1) is 13.4. The van der Waals surface area contributed by atoms with Gasteiger partial charge in [-0.3, -0.25) is 0 Å². The number of hydrogen-bond donors (Lipinski definition) is 1. The summed E-state index contributed by atoms with van der Waals surface area (Å²) >= 11 is 12.2. The van der Waals surface area contributed by atoms with Crippen molar-refractivity contribution in [2.45, 2.75) is 6.10 Å². The Balaban J connectivity index is 2.08. The molecule has 0 saturated heterocycles. The van der Waals surface area contributed by atoms with Crippen molar-refractivity contribution in [3.63, 3.8) is 0 Å². The summed E-state index contributed by atoms with van der Waals surface area (Å²) in [5.74, 6) is 0. The minimum atomic E-state index is -0.786. The summed E-state index contributed by atoms with van der Waals surface area (Å²) in [7, 11) is 0. The van der Waals surface area contributed by atoms with Crippen LogP contribution in [0.25, 0.3) is 10.8 Å². The van der Waals surface area contributed by atoms with Crippen LogP contribution in [0.1, 0.15) is 17.2 Å². The first-order chi connectivity index (χ1) is 9.66. The Morgan fingerprint density at radius 1 is 0.800 bits per heavy atom. The van der Waals surface area contributed by atoms with E-state index in [1.807, 2.05) is 42.5 Å². The van der Waals surface area contributed by atoms with Crippen LogP contribution in [-0.4, -0.2) is 5.11 Å². The van der Waals surface area contributed by atoms with Crippen molar-refractivity contribution in [2.75, 3.05) is 0 Å². The molecule has 100 valence electrons. The molecule has 0 fully saturated rings. The summed E-state index contributed by atoms with van der Waals surface area (Å²) in [6.45, 7) is 0. The Morgan fingerprint density at radius 3 is 2.35 bits per heavy atom. The predicted molar refractivity (Wildman–Crippen MR) is 84.5 cm³/mol. The van der Waals surface area contributed by atoms with E-state index in [-0.39, 0.29) is 0 Å². The van der Waals surface area contributed by atoms with E-state index >= 15 is 0 Å². The standard InChI is InChI=1S/C17H12Cl2O/c18-15-7-3-6-14(16(15)19)17(20)13-9-8-11-4-1-2-5-12(11)10-13/h1-10,17,20H. The summed E-state index contributed by atoms with van der Waals surface area (Å²) in [5.41, 5.74) is 1.42. The molecule has 1 N–H and O–H groups in total. The third-order valence-electron chi connectivity index (χ3n) is 3.37. The van der Waals surface area contributed by atoms with E-state index in [4.69, 9.17) is 23.2 Å². The van der Waals surface area contributed by atoms with Crippen molar-refractivity contribution in [1.82, 2.24) is 0 Å². The number of aliphatic hydroxyl groups excluding tert-OH is 1. The maximum Gasteiger partial charge on any atom is 0.106 e. The van der Waals surface area contributed by atoms with Gasteiger partial charge in [0.05, 0.1) is 10.0 Å². The molecule has 3 aromatic carbocycles. The van der Waals surface area contributed by atoms with E-state index in [1.165, 1.54) is 0 Å². The van der Waals surface area contributed by atoms with Gasteiger partial charge >= 0.3 is 0 Å². The van der Waals surface area contributed by atoms with Crippen LogP contribution >= 0.6 is 23.2 Å². The summed E-state index contributed by atoms with van der Waals surface area (Å²) in [6, 6.07) is 19.2. The van der Waals surface area contributed by atoms with Gasteiger partial charge in [-0.1, -0.05) is 71.7 Å². The van der Waals surface area contributed by atoms with Crippen LogP contribution in [-0.2, 0) is 0 Å². The van der Waals surface area contributed by atoms with E-state index in [9.17, 15) is 5.11 Å². The van der Waals surface area contributed by atoms with Crippen molar-refractivity contribution in [3.8, 4) is 0 Å². The lowest BCUT2D eigenvalue weighted by Gasteiger charge is -2.14. The number of fused-ring (bicyclic) bond motifs is 1. The molecular formula is C17H12Cl2O. The molecule has 0 aromatic heterocycles. The molecule has 20 heavy (non-hydrogen) atoms. The van der Waals surface area contributed by atoms with Crippen LogP contribution < -0.4 is 0 Å². The molecule has 0 saturated carbocycles. The van der Waals surface area contributed by atoms with Gasteiger partial charge in [0.2, 0.25) is 0 Å². The van der Waals surface area contributed by atoms with Gasteiger partial charge in [-0.2, -0.15) is 0 Å². The maximum atomic E-state index is 10.5. The third-order valence-corrected chi connectivity index (χ3v) is 4.20. The van der Waals surface area contributed by atoms with Crippen molar-refractivity contribution in [3.05, 3.63) is 81.8 Å². The quantitative estimate of drug-likeness (QED) is 0.687. The molecule has 0 aliphatic carbocycles. The zero-order valence-corrected chi connectivity index (χ0v) is 12.1. The van der Waals surface area contributed by atoms with Crippen LogP contribution in [0, 0.1) is 0 Å². The highest BCUT2D eigenvalue weighted by Crippen LogP contribution is 2.33. The van der Waals surface area contributed by atoms with Gasteiger partial charge in [0.1, 0.15) is 6.10 Å². The van der Waals surface area contributed by atoms with Crippen molar-refractivity contribution in [2.24, 2.45) is 0 Å². The van der Waals surface area contributed by atoms with Crippen LogP contribution in [0.4, 0.5) is 0 Å². The van der Waals surface area contributed by atoms with E-state index in [0.29, 0.717) is 15.6 Å². The molecule has 0 bridgehead atoms. The molecule has 3 rings (SSSR count). The molecule has 0 aliphatic rings. The molecule has 3 heteroatoms. The zero-order valence-electron chi connectivity index (χ0n) is 10.6. The molecule has 0 radical (unpaired) electrons. The second-order valence-electron chi connectivity index (χ2n) is 4.65. The van der Waals surface area contributed by atoms with Gasteiger partial charge in [0.15, 0.2) is 0 Å². The average Bonchev–Trinajstić information content (AvgIpc) is 2.49. The highest BCUT2D eigenvalue weighted by Gasteiger charge is 2.15. The number of benzene rings is 3. The van der Waals surface area contributed by atoms with Crippen molar-refractivity contribution >= 4 is 34.0 Å². The normalized spacial score (nSPS) is 12.6. The van der Waals surface area contributed by atoms with Crippen molar-refractivity contribution in [1.29, 1.82) is 0 Å². The molecule has 1 atom stereocenters. The minimum Gasteiger partial charge on any atom is -0.384 e. The number of rotatable bonds is 2. The Kier molecular flexibility index (Phi) is 3.66. The fourth-order valence-electron chi connectivity index (χ4n) is 2.29. The van der Waals surface area contributed by atoms with Crippen molar-refractivity contribution < 1.29 is 5.11 Å². The van der Waals surface area contributed by atoms with E-state index in [2.05, 4.69) is 0 Å². The number of hydrogen-bond acceptors (Lipinski definition) is 1. The SMILES string of the molecule is OC(c1ccc2ccccc2c1)c1cccc(Cl)c1Cl. The summed E-state index contributed by atoms with van der Waals surface area (Å²) < 4.78 is 0. The fraction of sp³-hybridized carbons (Fsp3) is 0.0588. The third kappa shape index (κ3) is 2.40. The Labute approximate surface area is 127 Å². The average molecular weight is 303 g/mol. The summed E-state index contributed by atoms with van der Waals surface area (Å²) in [5, 5.41) is 13.6. The highest BCUT2D eigenvalue weighted by molar-refractivity contribution is 6.42. The van der Waals surface area contributed by atoms with Gasteiger partial charge < -0.3 is 5.11 Å². The minimum absolute atomic E-state index is 0.398. The molecule has 0 amide bonds. The molecule has 3 aromatic rings. The lowest BCUT2D eigenvalue weighted by Crippen LogP contribution is -2.00. The summed E-state index contributed by atoms with van der Waals surface area (Å²) in [4.78, 5) is 0. The highest BCUT2D eigenvalue weighted by atomic mass is 35.5. The van der Waals surface area contributed by atoms with Gasteiger partial charge in [-0.25, -0.2) is 0 Å². The van der Waals surface area contributed by atoms with E-state index in [1.54, 1.807) is 18.2 Å². The molecule has 1 nitrogen and oxygen atoms in total. The van der Waals surface area contributed by atoms with Gasteiger partial charge in [0, 0.05) is 5.56 Å². The van der Waals surface area contributed by atoms with Gasteiger partial charge in [-0.15, -0.1) is 0 Å². The van der Waals surface area contributed by atoms with Gasteiger partial charge in [-0.05, 0) is 28.5 Å². The predicted octanol–water partition coefficient (Wildman–Crippen LogP) is 5.23. The summed E-state index contributed by atoms with van der Waals surface area (Å²) in [6.07, 6.45) is -0.786. The number of halogens is 2. The first-order valence-corrected chi connectivity index (χ1v) is 7.03. The Morgan fingerprint density at radius 2 is 1.55 bits per heavy atom. The topological polar surface area (TPSA) is 20.2 Å². The molecular weight excluding hydrogens is 291 g/mol. The second-order valence-corrected chi connectivity index (χ2v) is 5.44. The van der Waals surface area contributed by atoms with Crippen LogP contribution in [0.2, 0.25) is 10.0 Å². The number of aliphatic hydroxyl groups is 1. The molecule has 0 aliphatic heterocycles.